The van der Waals surface area contributed by atoms with E-state index in [9.17, 15) is 5.11 Å². The molecule has 0 aromatic rings. The maximum Gasteiger partial charge on any atom is 0.0897 e. The third-order valence-electron chi connectivity index (χ3n) is 3.48. The second-order valence-corrected chi connectivity index (χ2v) is 4.94. The Morgan fingerprint density at radius 3 is 2.35 bits per heavy atom. The van der Waals surface area contributed by atoms with Crippen molar-refractivity contribution in [1.82, 2.24) is 9.80 Å². The molecule has 0 spiro atoms. The molecule has 5 nitrogen and oxygen atoms in total. The minimum absolute atomic E-state index is 0.187. The smallest absolute Gasteiger partial charge is 0.0897 e. The lowest BCUT2D eigenvalue weighted by molar-refractivity contribution is 0.0540. The Labute approximate surface area is 104 Å². The first-order valence-electron chi connectivity index (χ1n) is 6.49. The van der Waals surface area contributed by atoms with Crippen LogP contribution in [0, 0.1) is 0 Å². The van der Waals surface area contributed by atoms with Crippen molar-refractivity contribution in [2.75, 3.05) is 46.4 Å². The molecule has 1 rings (SSSR count). The standard InChI is InChI=1S/C12H26N2O3/c1-13(9-12(17)10-16)5-6-14(7-8-15)11-3-2-4-11/h11-12,15-17H,2-10H2,1H3. The van der Waals surface area contributed by atoms with Crippen LogP contribution in [-0.4, -0.2) is 83.7 Å². The molecule has 17 heavy (non-hydrogen) atoms. The van der Waals surface area contributed by atoms with Crippen molar-refractivity contribution in [1.29, 1.82) is 0 Å². The van der Waals surface area contributed by atoms with Crippen molar-refractivity contribution in [3.8, 4) is 0 Å². The van der Waals surface area contributed by atoms with Gasteiger partial charge in [-0.25, -0.2) is 0 Å². The lowest BCUT2D eigenvalue weighted by Gasteiger charge is -2.38. The number of aliphatic hydroxyl groups is 3. The summed E-state index contributed by atoms with van der Waals surface area (Å²) >= 11 is 0. The molecule has 0 heterocycles. The molecular weight excluding hydrogens is 220 g/mol. The number of hydrogen-bond acceptors (Lipinski definition) is 5. The van der Waals surface area contributed by atoms with Crippen LogP contribution in [0.15, 0.2) is 0 Å². The second kappa shape index (κ2) is 8.00. The molecule has 5 heteroatoms. The maximum absolute atomic E-state index is 9.32. The van der Waals surface area contributed by atoms with E-state index in [1.54, 1.807) is 0 Å². The average Bonchev–Trinajstić information content (AvgIpc) is 2.23. The van der Waals surface area contributed by atoms with Gasteiger partial charge in [0.05, 0.1) is 19.3 Å². The molecule has 1 aliphatic carbocycles. The highest BCUT2D eigenvalue weighted by atomic mass is 16.3. The predicted molar refractivity (Wildman–Crippen MR) is 66.9 cm³/mol. The van der Waals surface area contributed by atoms with E-state index in [-0.39, 0.29) is 13.2 Å². The van der Waals surface area contributed by atoms with Crippen LogP contribution in [0.2, 0.25) is 0 Å². The lowest BCUT2D eigenvalue weighted by Crippen LogP contribution is -2.46. The van der Waals surface area contributed by atoms with Gasteiger partial charge in [0, 0.05) is 32.2 Å². The zero-order valence-corrected chi connectivity index (χ0v) is 10.8. The summed E-state index contributed by atoms with van der Waals surface area (Å²) in [6.07, 6.45) is 3.12. The van der Waals surface area contributed by atoms with Crippen LogP contribution in [-0.2, 0) is 0 Å². The molecule has 0 bridgehead atoms. The number of hydrogen-bond donors (Lipinski definition) is 3. The molecule has 0 radical (unpaired) electrons. The van der Waals surface area contributed by atoms with Gasteiger partial charge in [-0.2, -0.15) is 0 Å². The third kappa shape index (κ3) is 5.31. The van der Waals surface area contributed by atoms with E-state index in [1.165, 1.54) is 19.3 Å². The van der Waals surface area contributed by atoms with Gasteiger partial charge in [0.25, 0.3) is 0 Å². The van der Waals surface area contributed by atoms with E-state index >= 15 is 0 Å². The van der Waals surface area contributed by atoms with Gasteiger partial charge in [0.15, 0.2) is 0 Å². The van der Waals surface area contributed by atoms with Gasteiger partial charge in [-0.1, -0.05) is 6.42 Å². The molecule has 102 valence electrons. The van der Waals surface area contributed by atoms with Gasteiger partial charge in [0.1, 0.15) is 0 Å². The summed E-state index contributed by atoms with van der Waals surface area (Å²) in [5.41, 5.74) is 0. The molecule has 0 aliphatic heterocycles. The highest BCUT2D eigenvalue weighted by molar-refractivity contribution is 4.80. The zero-order valence-electron chi connectivity index (χ0n) is 10.8. The van der Waals surface area contributed by atoms with Crippen LogP contribution >= 0.6 is 0 Å². The molecule has 0 aromatic heterocycles. The third-order valence-corrected chi connectivity index (χ3v) is 3.48. The summed E-state index contributed by atoms with van der Waals surface area (Å²) in [5.74, 6) is 0. The highest BCUT2D eigenvalue weighted by Gasteiger charge is 2.24. The Morgan fingerprint density at radius 2 is 1.88 bits per heavy atom. The fourth-order valence-corrected chi connectivity index (χ4v) is 2.17. The summed E-state index contributed by atoms with van der Waals surface area (Å²) in [7, 11) is 1.94. The van der Waals surface area contributed by atoms with Crippen molar-refractivity contribution in [3.05, 3.63) is 0 Å². The van der Waals surface area contributed by atoms with Gasteiger partial charge in [-0.15, -0.1) is 0 Å². The van der Waals surface area contributed by atoms with E-state index < -0.39 is 6.10 Å². The summed E-state index contributed by atoms with van der Waals surface area (Å²) in [4.78, 5) is 4.34. The first kappa shape index (κ1) is 14.9. The Hall–Kier alpha value is -0.200. The predicted octanol–water partition coefficient (Wildman–Crippen LogP) is -0.882. The van der Waals surface area contributed by atoms with E-state index in [1.807, 2.05) is 11.9 Å². The van der Waals surface area contributed by atoms with Crippen LogP contribution in [0.5, 0.6) is 0 Å². The molecule has 1 aliphatic rings. The number of rotatable bonds is 9. The number of likely N-dealkylation sites (N-methyl/N-ethyl adjacent to an activating group) is 1. The van der Waals surface area contributed by atoms with Crippen LogP contribution in [0.4, 0.5) is 0 Å². The summed E-state index contributed by atoms with van der Waals surface area (Å²) < 4.78 is 0. The molecule has 0 aromatic carbocycles. The second-order valence-electron chi connectivity index (χ2n) is 4.94. The van der Waals surface area contributed by atoms with Gasteiger partial charge in [-0.3, -0.25) is 4.90 Å². The van der Waals surface area contributed by atoms with Crippen molar-refractivity contribution in [2.45, 2.75) is 31.4 Å². The van der Waals surface area contributed by atoms with Crippen molar-refractivity contribution in [3.63, 3.8) is 0 Å². The van der Waals surface area contributed by atoms with E-state index in [0.717, 1.165) is 19.6 Å². The summed E-state index contributed by atoms with van der Waals surface area (Å²) in [5, 5.41) is 27.1. The molecule has 1 saturated carbocycles. The van der Waals surface area contributed by atoms with E-state index in [2.05, 4.69) is 4.90 Å². The van der Waals surface area contributed by atoms with Crippen molar-refractivity contribution in [2.24, 2.45) is 0 Å². The molecule has 1 fully saturated rings. The van der Waals surface area contributed by atoms with Gasteiger partial charge in [-0.05, 0) is 19.9 Å². The molecule has 1 unspecified atom stereocenters. The highest BCUT2D eigenvalue weighted by Crippen LogP contribution is 2.24. The van der Waals surface area contributed by atoms with Crippen LogP contribution in [0.25, 0.3) is 0 Å². The topological polar surface area (TPSA) is 67.2 Å². The van der Waals surface area contributed by atoms with Crippen molar-refractivity contribution >= 4 is 0 Å². The minimum atomic E-state index is -0.657. The first-order valence-corrected chi connectivity index (χ1v) is 6.49. The van der Waals surface area contributed by atoms with Gasteiger partial charge >= 0.3 is 0 Å². The number of nitrogens with zero attached hydrogens (tertiary/aromatic N) is 2. The lowest BCUT2D eigenvalue weighted by atomic mass is 9.91. The molecule has 0 amide bonds. The quantitative estimate of drug-likeness (QED) is 0.493. The molecule has 3 N–H and O–H groups in total. The Kier molecular flexibility index (Phi) is 6.99. The summed E-state index contributed by atoms with van der Waals surface area (Å²) in [6.45, 7) is 3.02. The number of aliphatic hydroxyl groups excluding tert-OH is 3. The van der Waals surface area contributed by atoms with Crippen molar-refractivity contribution < 1.29 is 15.3 Å². The zero-order chi connectivity index (χ0) is 12.7. The monoisotopic (exact) mass is 246 g/mol. The first-order chi connectivity index (χ1) is 8.17. The fraction of sp³-hybridized carbons (Fsp3) is 1.00. The maximum atomic E-state index is 9.32. The fourth-order valence-electron chi connectivity index (χ4n) is 2.17. The van der Waals surface area contributed by atoms with E-state index in [4.69, 9.17) is 10.2 Å². The SMILES string of the molecule is CN(CCN(CCO)C1CCC1)CC(O)CO. The van der Waals surface area contributed by atoms with Gasteiger partial charge < -0.3 is 20.2 Å². The normalized spacial score (nSPS) is 18.7. The molecule has 0 saturated heterocycles. The Balaban J connectivity index is 2.20. The van der Waals surface area contributed by atoms with E-state index in [0.29, 0.717) is 12.6 Å². The van der Waals surface area contributed by atoms with Gasteiger partial charge in [0.2, 0.25) is 0 Å². The minimum Gasteiger partial charge on any atom is -0.395 e. The average molecular weight is 246 g/mol. The van der Waals surface area contributed by atoms with Crippen LogP contribution in [0.1, 0.15) is 19.3 Å². The molecular formula is C12H26N2O3. The Bertz CT molecular complexity index is 200. The molecule has 1 atom stereocenters. The van der Waals surface area contributed by atoms with Crippen LogP contribution in [0.3, 0.4) is 0 Å². The Morgan fingerprint density at radius 1 is 1.18 bits per heavy atom. The summed E-state index contributed by atoms with van der Waals surface area (Å²) in [6, 6.07) is 0.637. The largest absolute Gasteiger partial charge is 0.395 e. The van der Waals surface area contributed by atoms with Crippen LogP contribution < -0.4 is 0 Å².